The van der Waals surface area contributed by atoms with Gasteiger partial charge in [-0.25, -0.2) is 0 Å². The molecule has 0 saturated carbocycles. The van der Waals surface area contributed by atoms with Crippen LogP contribution in [-0.4, -0.2) is 5.91 Å². The lowest BCUT2D eigenvalue weighted by Crippen LogP contribution is -2.15. The summed E-state index contributed by atoms with van der Waals surface area (Å²) in [6, 6.07) is 4.46. The molecule has 2 nitrogen and oxygen atoms in total. The lowest BCUT2D eigenvalue weighted by Gasteiger charge is -2.10. The normalized spacial score (nSPS) is 18.6. The summed E-state index contributed by atoms with van der Waals surface area (Å²) in [5.74, 6) is 0.0748. The van der Waals surface area contributed by atoms with Gasteiger partial charge < -0.3 is 5.32 Å². The monoisotopic (exact) mass is 269 g/mol. The Hall–Kier alpha value is -1.78. The van der Waals surface area contributed by atoms with Gasteiger partial charge in [0.05, 0.1) is 5.56 Å². The van der Waals surface area contributed by atoms with Crippen LogP contribution < -0.4 is 5.32 Å². The molecule has 0 radical (unpaired) electrons. The Kier molecular flexibility index (Phi) is 3.93. The number of amides is 1. The number of carbonyl (C=O) groups excluding carboxylic acids is 1. The van der Waals surface area contributed by atoms with Crippen LogP contribution in [0.2, 0.25) is 0 Å². The molecule has 0 fully saturated rings. The molecule has 1 N–H and O–H groups in total. The first-order valence-electron chi connectivity index (χ1n) is 6.09. The maximum atomic E-state index is 12.4. The van der Waals surface area contributed by atoms with Gasteiger partial charge in [0, 0.05) is 12.1 Å². The van der Waals surface area contributed by atoms with Crippen molar-refractivity contribution in [3.63, 3.8) is 0 Å². The zero-order chi connectivity index (χ0) is 13.9. The highest BCUT2D eigenvalue weighted by Gasteiger charge is 2.30. The Labute approximate surface area is 109 Å². The van der Waals surface area contributed by atoms with Crippen LogP contribution in [0.3, 0.4) is 0 Å². The fourth-order valence-corrected chi connectivity index (χ4v) is 2.06. The maximum Gasteiger partial charge on any atom is 0.416 e. The molecule has 5 heteroatoms. The second-order valence-electron chi connectivity index (χ2n) is 4.59. The number of benzene rings is 1. The van der Waals surface area contributed by atoms with Crippen molar-refractivity contribution < 1.29 is 18.0 Å². The lowest BCUT2D eigenvalue weighted by molar-refractivity contribution is -0.137. The molecule has 0 bridgehead atoms. The number of alkyl halides is 3. The van der Waals surface area contributed by atoms with Gasteiger partial charge in [-0.2, -0.15) is 13.2 Å². The number of carbonyl (C=O) groups is 1. The molecule has 0 aromatic heterocycles. The van der Waals surface area contributed by atoms with Gasteiger partial charge in [0.2, 0.25) is 5.91 Å². The minimum Gasteiger partial charge on any atom is -0.326 e. The minimum atomic E-state index is -4.35. The fraction of sp³-hybridized carbons (Fsp3) is 0.357. The summed E-state index contributed by atoms with van der Waals surface area (Å²) < 4.78 is 37.1. The van der Waals surface area contributed by atoms with Crippen LogP contribution in [-0.2, 0) is 11.0 Å². The third-order valence-electron chi connectivity index (χ3n) is 3.06. The summed E-state index contributed by atoms with van der Waals surface area (Å²) in [5.41, 5.74) is -0.329. The van der Waals surface area contributed by atoms with Crippen molar-refractivity contribution in [3.8, 4) is 0 Å². The van der Waals surface area contributed by atoms with Crippen molar-refractivity contribution in [2.75, 3.05) is 5.32 Å². The van der Waals surface area contributed by atoms with Gasteiger partial charge in [0.25, 0.3) is 0 Å². The third-order valence-corrected chi connectivity index (χ3v) is 3.06. The number of hydrogen-bond acceptors (Lipinski definition) is 1. The SMILES string of the molecule is O=C(C[C@H]1C=CCC1)Nc1ccc(C(F)(F)F)cc1. The highest BCUT2D eigenvalue weighted by atomic mass is 19.4. The van der Waals surface area contributed by atoms with Gasteiger partial charge in [-0.15, -0.1) is 0 Å². The quantitative estimate of drug-likeness (QED) is 0.826. The first-order chi connectivity index (χ1) is 8.95. The molecule has 102 valence electrons. The van der Waals surface area contributed by atoms with Crippen molar-refractivity contribution >= 4 is 11.6 Å². The Bertz CT molecular complexity index is 476. The highest BCUT2D eigenvalue weighted by molar-refractivity contribution is 5.91. The van der Waals surface area contributed by atoms with Crippen molar-refractivity contribution in [1.29, 1.82) is 0 Å². The summed E-state index contributed by atoms with van der Waals surface area (Å²) in [6.07, 6.45) is 2.01. The molecule has 1 atom stereocenters. The molecule has 1 aromatic carbocycles. The summed E-state index contributed by atoms with van der Waals surface area (Å²) in [6.45, 7) is 0. The summed E-state index contributed by atoms with van der Waals surface area (Å²) in [4.78, 5) is 11.7. The lowest BCUT2D eigenvalue weighted by atomic mass is 10.0. The first kappa shape index (κ1) is 13.6. The molecule has 1 aromatic rings. The zero-order valence-corrected chi connectivity index (χ0v) is 10.2. The predicted molar refractivity (Wildman–Crippen MR) is 66.6 cm³/mol. The Morgan fingerprint density at radius 3 is 2.47 bits per heavy atom. The molecule has 2 rings (SSSR count). The zero-order valence-electron chi connectivity index (χ0n) is 10.2. The molecule has 0 heterocycles. The summed E-state index contributed by atoms with van der Waals surface area (Å²) >= 11 is 0. The van der Waals surface area contributed by atoms with Crippen LogP contribution in [0, 0.1) is 5.92 Å². The van der Waals surface area contributed by atoms with Crippen LogP contribution in [0.5, 0.6) is 0 Å². The van der Waals surface area contributed by atoms with Gasteiger partial charge in [-0.1, -0.05) is 12.2 Å². The number of anilines is 1. The van der Waals surface area contributed by atoms with E-state index in [1.54, 1.807) is 0 Å². The molecule has 0 unspecified atom stereocenters. The van der Waals surface area contributed by atoms with Crippen LogP contribution in [0.4, 0.5) is 18.9 Å². The van der Waals surface area contributed by atoms with Crippen molar-refractivity contribution in [2.24, 2.45) is 5.92 Å². The van der Waals surface area contributed by atoms with Gasteiger partial charge >= 0.3 is 6.18 Å². The number of nitrogens with one attached hydrogen (secondary N) is 1. The molecule has 19 heavy (non-hydrogen) atoms. The van der Waals surface area contributed by atoms with Crippen molar-refractivity contribution in [2.45, 2.75) is 25.4 Å². The van der Waals surface area contributed by atoms with Gasteiger partial charge in [0.1, 0.15) is 0 Å². The molecular weight excluding hydrogens is 255 g/mol. The van der Waals surface area contributed by atoms with Crippen molar-refractivity contribution in [3.05, 3.63) is 42.0 Å². The van der Waals surface area contributed by atoms with Crippen LogP contribution in [0.1, 0.15) is 24.8 Å². The Morgan fingerprint density at radius 1 is 1.26 bits per heavy atom. The molecule has 0 spiro atoms. The number of halogens is 3. The molecule has 1 amide bonds. The summed E-state index contributed by atoms with van der Waals surface area (Å²) in [5, 5.41) is 2.61. The highest BCUT2D eigenvalue weighted by Crippen LogP contribution is 2.30. The molecule has 1 aliphatic rings. The van der Waals surface area contributed by atoms with Gasteiger partial charge in [-0.3, -0.25) is 4.79 Å². The second kappa shape index (κ2) is 5.47. The minimum absolute atomic E-state index is 0.170. The second-order valence-corrected chi connectivity index (χ2v) is 4.59. The molecule has 0 saturated heterocycles. The topological polar surface area (TPSA) is 29.1 Å². The Morgan fingerprint density at radius 2 is 1.95 bits per heavy atom. The van der Waals surface area contributed by atoms with E-state index in [2.05, 4.69) is 5.32 Å². The van der Waals surface area contributed by atoms with Crippen molar-refractivity contribution in [1.82, 2.24) is 0 Å². The average molecular weight is 269 g/mol. The maximum absolute atomic E-state index is 12.4. The largest absolute Gasteiger partial charge is 0.416 e. The van der Waals surface area contributed by atoms with E-state index in [9.17, 15) is 18.0 Å². The molecule has 0 aliphatic heterocycles. The van der Waals surface area contributed by atoms with Crippen LogP contribution >= 0.6 is 0 Å². The van der Waals surface area contributed by atoms with E-state index < -0.39 is 11.7 Å². The van der Waals surface area contributed by atoms with Gasteiger partial charge in [0.15, 0.2) is 0 Å². The number of allylic oxidation sites excluding steroid dienone is 2. The van der Waals surface area contributed by atoms with Gasteiger partial charge in [-0.05, 0) is 43.0 Å². The standard InChI is InChI=1S/C14H14F3NO/c15-14(16,17)11-5-7-12(8-6-11)18-13(19)9-10-3-1-2-4-10/h1,3,5-8,10H,2,4,9H2,(H,18,19)/t10-/m0/s1. The predicted octanol–water partition coefficient (Wildman–Crippen LogP) is 4.00. The van der Waals surface area contributed by atoms with E-state index in [0.29, 0.717) is 12.1 Å². The van der Waals surface area contributed by atoms with E-state index in [4.69, 9.17) is 0 Å². The number of hydrogen-bond donors (Lipinski definition) is 1. The smallest absolute Gasteiger partial charge is 0.326 e. The van der Waals surface area contributed by atoms with E-state index >= 15 is 0 Å². The Balaban J connectivity index is 1.92. The van der Waals surface area contributed by atoms with E-state index in [1.165, 1.54) is 12.1 Å². The molecular formula is C14H14F3NO. The van der Waals surface area contributed by atoms with Crippen LogP contribution in [0.15, 0.2) is 36.4 Å². The van der Waals surface area contributed by atoms with E-state index in [-0.39, 0.29) is 11.8 Å². The fourth-order valence-electron chi connectivity index (χ4n) is 2.06. The summed E-state index contributed by atoms with van der Waals surface area (Å²) in [7, 11) is 0. The van der Waals surface area contributed by atoms with E-state index in [0.717, 1.165) is 25.0 Å². The molecule has 1 aliphatic carbocycles. The van der Waals surface area contributed by atoms with Crippen LogP contribution in [0.25, 0.3) is 0 Å². The number of rotatable bonds is 3. The average Bonchev–Trinajstić information content (AvgIpc) is 2.81. The third kappa shape index (κ3) is 3.84. The first-order valence-corrected chi connectivity index (χ1v) is 6.09. The van der Waals surface area contributed by atoms with E-state index in [1.807, 2.05) is 12.2 Å².